The van der Waals surface area contributed by atoms with Gasteiger partial charge in [0, 0.05) is 18.9 Å². The van der Waals surface area contributed by atoms with E-state index >= 15 is 0 Å². The van der Waals surface area contributed by atoms with Gasteiger partial charge in [0.1, 0.15) is 0 Å². The van der Waals surface area contributed by atoms with Gasteiger partial charge < -0.3 is 9.47 Å². The molecule has 90 valence electrons. The van der Waals surface area contributed by atoms with Crippen molar-refractivity contribution in [3.63, 3.8) is 0 Å². The number of carbonyl (C=O) groups excluding carboxylic acids is 3. The van der Waals surface area contributed by atoms with Crippen molar-refractivity contribution in [1.82, 2.24) is 0 Å². The van der Waals surface area contributed by atoms with E-state index in [0.29, 0.717) is 0 Å². The number of hydrogen-bond donors (Lipinski definition) is 0. The summed E-state index contributed by atoms with van der Waals surface area (Å²) >= 11 is 0. The average Bonchev–Trinajstić information content (AvgIpc) is 2.21. The second kappa shape index (κ2) is 4.16. The highest BCUT2D eigenvalue weighted by Crippen LogP contribution is 2.31. The molecule has 5 heteroatoms. The summed E-state index contributed by atoms with van der Waals surface area (Å²) in [5.41, 5.74) is 0.798. The summed E-state index contributed by atoms with van der Waals surface area (Å²) in [7, 11) is 0. The predicted octanol–water partition coefficient (Wildman–Crippen LogP) is 0.545. The van der Waals surface area contributed by atoms with E-state index in [4.69, 9.17) is 9.47 Å². The Bertz CT molecular complexity index is 446. The van der Waals surface area contributed by atoms with Crippen LogP contribution < -0.4 is 0 Å². The van der Waals surface area contributed by atoms with Gasteiger partial charge in [-0.1, -0.05) is 11.6 Å². The molecular weight excluding hydrogens is 224 g/mol. The van der Waals surface area contributed by atoms with Crippen LogP contribution in [0.25, 0.3) is 0 Å². The van der Waals surface area contributed by atoms with Gasteiger partial charge >= 0.3 is 11.9 Å². The number of esters is 2. The first-order valence-electron chi connectivity index (χ1n) is 5.27. The molecule has 0 aromatic heterocycles. The summed E-state index contributed by atoms with van der Waals surface area (Å²) in [5, 5.41) is 0. The van der Waals surface area contributed by atoms with Crippen molar-refractivity contribution in [1.29, 1.82) is 0 Å². The van der Waals surface area contributed by atoms with Gasteiger partial charge in [0.05, 0.1) is 0 Å². The largest absolute Gasteiger partial charge is 0.454 e. The van der Waals surface area contributed by atoms with Gasteiger partial charge in [-0.05, 0) is 13.0 Å². The van der Waals surface area contributed by atoms with Gasteiger partial charge in [0.15, 0.2) is 11.9 Å². The molecule has 0 aromatic carbocycles. The molecular formula is C12H12O5. The van der Waals surface area contributed by atoms with E-state index in [-0.39, 0.29) is 11.7 Å². The van der Waals surface area contributed by atoms with Crippen LogP contribution in [-0.2, 0) is 23.9 Å². The molecule has 2 rings (SSSR count). The molecule has 0 amide bonds. The second-order valence-corrected chi connectivity index (χ2v) is 4.11. The number of ketones is 1. The van der Waals surface area contributed by atoms with Crippen LogP contribution in [0.3, 0.4) is 0 Å². The van der Waals surface area contributed by atoms with Crippen LogP contribution in [-0.4, -0.2) is 29.9 Å². The molecule has 17 heavy (non-hydrogen) atoms. The molecule has 1 aliphatic heterocycles. The first-order chi connectivity index (χ1) is 7.99. The highest BCUT2D eigenvalue weighted by atomic mass is 16.6. The number of rotatable bonds is 1. The third-order valence-corrected chi connectivity index (χ3v) is 2.82. The fraction of sp³-hybridized carbons (Fsp3) is 0.417. The van der Waals surface area contributed by atoms with Crippen molar-refractivity contribution in [3.8, 4) is 0 Å². The maximum Gasteiger partial charge on any atom is 0.331 e. The smallest absolute Gasteiger partial charge is 0.331 e. The molecule has 3 unspecified atom stereocenters. The fourth-order valence-corrected chi connectivity index (χ4v) is 2.05. The maximum absolute atomic E-state index is 11.6. The van der Waals surface area contributed by atoms with Crippen molar-refractivity contribution in [2.24, 2.45) is 5.92 Å². The van der Waals surface area contributed by atoms with Crippen LogP contribution in [0.2, 0.25) is 0 Å². The highest BCUT2D eigenvalue weighted by molar-refractivity contribution is 5.97. The number of carbonyl (C=O) groups is 3. The molecule has 5 nitrogen and oxygen atoms in total. The lowest BCUT2D eigenvalue weighted by Crippen LogP contribution is -2.48. The monoisotopic (exact) mass is 236 g/mol. The van der Waals surface area contributed by atoms with Crippen LogP contribution in [0.15, 0.2) is 23.8 Å². The van der Waals surface area contributed by atoms with Gasteiger partial charge in [-0.2, -0.15) is 0 Å². The Kier molecular flexibility index (Phi) is 2.83. The summed E-state index contributed by atoms with van der Waals surface area (Å²) in [4.78, 5) is 33.9. The normalized spacial score (nSPS) is 31.4. The number of fused-ring (bicyclic) bond motifs is 1. The Labute approximate surface area is 98.1 Å². The molecule has 1 heterocycles. The third kappa shape index (κ3) is 2.13. The van der Waals surface area contributed by atoms with E-state index in [1.165, 1.54) is 19.1 Å². The van der Waals surface area contributed by atoms with E-state index < -0.39 is 24.1 Å². The predicted molar refractivity (Wildman–Crippen MR) is 56.8 cm³/mol. The lowest BCUT2D eigenvalue weighted by atomic mass is 9.83. The van der Waals surface area contributed by atoms with E-state index in [9.17, 15) is 14.4 Å². The Balaban J connectivity index is 2.33. The summed E-state index contributed by atoms with van der Waals surface area (Å²) < 4.78 is 10.0. The molecule has 0 saturated carbocycles. The lowest BCUT2D eigenvalue weighted by Gasteiger charge is -2.35. The minimum Gasteiger partial charge on any atom is -0.454 e. The second-order valence-electron chi connectivity index (χ2n) is 4.11. The molecule has 0 fully saturated rings. The summed E-state index contributed by atoms with van der Waals surface area (Å²) in [6.07, 6.45) is 2.65. The SMILES string of the molecule is CC(=O)OC1C(=O)C=CC2C(C)=CC(=O)OC21. The topological polar surface area (TPSA) is 69.7 Å². The molecule has 0 aromatic rings. The first-order valence-corrected chi connectivity index (χ1v) is 5.27. The lowest BCUT2D eigenvalue weighted by molar-refractivity contribution is -0.171. The molecule has 0 N–H and O–H groups in total. The zero-order valence-electron chi connectivity index (χ0n) is 9.51. The minimum absolute atomic E-state index is 0.199. The standard InChI is InChI=1S/C12H12O5/c1-6-5-10(15)17-11-8(6)3-4-9(14)12(11)16-7(2)13/h3-5,8,11-12H,1-2H3. The van der Waals surface area contributed by atoms with Crippen molar-refractivity contribution >= 4 is 17.7 Å². The molecule has 2 aliphatic rings. The van der Waals surface area contributed by atoms with E-state index in [2.05, 4.69) is 0 Å². The molecule has 0 spiro atoms. The van der Waals surface area contributed by atoms with Crippen LogP contribution in [0.1, 0.15) is 13.8 Å². The Morgan fingerprint density at radius 3 is 2.76 bits per heavy atom. The van der Waals surface area contributed by atoms with E-state index in [0.717, 1.165) is 5.57 Å². The zero-order valence-corrected chi connectivity index (χ0v) is 9.51. The molecule has 0 radical (unpaired) electrons. The molecule has 0 bridgehead atoms. The van der Waals surface area contributed by atoms with Crippen LogP contribution in [0.4, 0.5) is 0 Å². The van der Waals surface area contributed by atoms with Crippen molar-refractivity contribution in [2.75, 3.05) is 0 Å². The Morgan fingerprint density at radius 1 is 1.41 bits per heavy atom. The number of ether oxygens (including phenoxy) is 2. The summed E-state index contributed by atoms with van der Waals surface area (Å²) in [6, 6.07) is 0. The van der Waals surface area contributed by atoms with Gasteiger partial charge in [0.2, 0.25) is 6.10 Å². The third-order valence-electron chi connectivity index (χ3n) is 2.82. The van der Waals surface area contributed by atoms with Crippen LogP contribution >= 0.6 is 0 Å². The van der Waals surface area contributed by atoms with Gasteiger partial charge in [0.25, 0.3) is 0 Å². The average molecular weight is 236 g/mol. The quantitative estimate of drug-likeness (QED) is 0.622. The van der Waals surface area contributed by atoms with Gasteiger partial charge in [-0.15, -0.1) is 0 Å². The molecule has 0 saturated heterocycles. The minimum atomic E-state index is -1.03. The van der Waals surface area contributed by atoms with E-state index in [1.807, 2.05) is 0 Å². The van der Waals surface area contributed by atoms with Gasteiger partial charge in [-0.25, -0.2) is 4.79 Å². The van der Waals surface area contributed by atoms with Crippen molar-refractivity contribution < 1.29 is 23.9 Å². The molecule has 3 atom stereocenters. The van der Waals surface area contributed by atoms with Crippen LogP contribution in [0.5, 0.6) is 0 Å². The van der Waals surface area contributed by atoms with E-state index in [1.54, 1.807) is 13.0 Å². The van der Waals surface area contributed by atoms with Crippen LogP contribution in [0, 0.1) is 5.92 Å². The summed E-state index contributed by atoms with van der Waals surface area (Å²) in [5.74, 6) is -1.64. The van der Waals surface area contributed by atoms with Crippen molar-refractivity contribution in [3.05, 3.63) is 23.8 Å². The van der Waals surface area contributed by atoms with Gasteiger partial charge in [-0.3, -0.25) is 9.59 Å². The summed E-state index contributed by atoms with van der Waals surface area (Å²) in [6.45, 7) is 3.00. The first kappa shape index (κ1) is 11.6. The molecule has 1 aliphatic carbocycles. The fourth-order valence-electron chi connectivity index (χ4n) is 2.05. The Hall–Kier alpha value is -1.91. The zero-order chi connectivity index (χ0) is 12.6. The Morgan fingerprint density at radius 2 is 2.12 bits per heavy atom. The van der Waals surface area contributed by atoms with Crippen molar-refractivity contribution in [2.45, 2.75) is 26.1 Å². The number of hydrogen-bond acceptors (Lipinski definition) is 5. The maximum atomic E-state index is 11.6. The highest BCUT2D eigenvalue weighted by Gasteiger charge is 2.43.